The number of nitrogens with one attached hydrogen (secondary N) is 1. The maximum Gasteiger partial charge on any atom is 0.232 e. The number of hydrogen-bond donors (Lipinski definition) is 2. The SMILES string of the molecule is COc1ccc(-n2c(SCc3nc(N)nc(Nc4ccc(C)cc4)n3)nnc2-c2ccncc2)cc1. The van der Waals surface area contributed by atoms with Crippen LogP contribution in [0.3, 0.4) is 0 Å². The average Bonchev–Trinajstić information content (AvgIpc) is 3.33. The van der Waals surface area contributed by atoms with E-state index < -0.39 is 0 Å². The van der Waals surface area contributed by atoms with Crippen LogP contribution in [0, 0.1) is 6.92 Å². The number of nitrogens with two attached hydrogens (primary N) is 1. The molecule has 0 aliphatic carbocycles. The van der Waals surface area contributed by atoms with E-state index in [0.717, 1.165) is 22.7 Å². The van der Waals surface area contributed by atoms with E-state index >= 15 is 0 Å². The summed E-state index contributed by atoms with van der Waals surface area (Å²) in [5.41, 5.74) is 9.80. The molecule has 3 aromatic heterocycles. The summed E-state index contributed by atoms with van der Waals surface area (Å²) in [6.07, 6.45) is 3.46. The van der Waals surface area contributed by atoms with E-state index in [1.54, 1.807) is 19.5 Å². The molecule has 5 aromatic rings. The highest BCUT2D eigenvalue weighted by atomic mass is 32.2. The number of anilines is 3. The number of aryl methyl sites for hydroxylation is 1. The van der Waals surface area contributed by atoms with E-state index in [0.29, 0.717) is 28.5 Å². The van der Waals surface area contributed by atoms with Crippen molar-refractivity contribution in [1.29, 1.82) is 0 Å². The van der Waals surface area contributed by atoms with Crippen molar-refractivity contribution in [3.05, 3.63) is 84.4 Å². The molecule has 36 heavy (non-hydrogen) atoms. The molecule has 180 valence electrons. The lowest BCUT2D eigenvalue weighted by Crippen LogP contribution is -2.07. The van der Waals surface area contributed by atoms with Gasteiger partial charge in [0.15, 0.2) is 11.0 Å². The summed E-state index contributed by atoms with van der Waals surface area (Å²) in [6, 6.07) is 19.5. The van der Waals surface area contributed by atoms with Crippen LogP contribution in [0.1, 0.15) is 11.4 Å². The number of rotatable bonds is 8. The van der Waals surface area contributed by atoms with Crippen molar-refractivity contribution >= 4 is 29.3 Å². The Morgan fingerprint density at radius 2 is 1.67 bits per heavy atom. The molecule has 0 atom stereocenters. The average molecular weight is 498 g/mol. The molecule has 0 aliphatic rings. The maximum atomic E-state index is 5.97. The smallest absolute Gasteiger partial charge is 0.232 e. The zero-order valence-electron chi connectivity index (χ0n) is 19.7. The third kappa shape index (κ3) is 5.26. The summed E-state index contributed by atoms with van der Waals surface area (Å²) < 4.78 is 7.30. The van der Waals surface area contributed by atoms with Gasteiger partial charge in [0.2, 0.25) is 11.9 Å². The molecule has 10 nitrogen and oxygen atoms in total. The molecule has 0 unspecified atom stereocenters. The molecular formula is C25H23N9OS. The zero-order chi connectivity index (χ0) is 24.9. The largest absolute Gasteiger partial charge is 0.497 e. The molecule has 0 aliphatic heterocycles. The third-order valence-electron chi connectivity index (χ3n) is 5.24. The van der Waals surface area contributed by atoms with E-state index in [1.165, 1.54) is 17.3 Å². The Kier molecular flexibility index (Phi) is 6.72. The molecule has 2 aromatic carbocycles. The number of aromatic nitrogens is 7. The quantitative estimate of drug-likeness (QED) is 0.297. The Morgan fingerprint density at radius 1 is 0.917 bits per heavy atom. The molecule has 0 saturated heterocycles. The van der Waals surface area contributed by atoms with Crippen LogP contribution in [0.4, 0.5) is 17.6 Å². The monoisotopic (exact) mass is 497 g/mol. The minimum Gasteiger partial charge on any atom is -0.497 e. The van der Waals surface area contributed by atoms with Gasteiger partial charge in [-0.25, -0.2) is 0 Å². The minimum atomic E-state index is 0.143. The van der Waals surface area contributed by atoms with Crippen molar-refractivity contribution in [3.63, 3.8) is 0 Å². The molecule has 0 fully saturated rings. The molecule has 0 amide bonds. The molecule has 5 rings (SSSR count). The molecule has 0 bridgehead atoms. The second kappa shape index (κ2) is 10.4. The van der Waals surface area contributed by atoms with Gasteiger partial charge >= 0.3 is 0 Å². The Hall–Kier alpha value is -4.51. The van der Waals surface area contributed by atoms with Gasteiger partial charge in [0.05, 0.1) is 12.9 Å². The fraction of sp³-hybridized carbons (Fsp3) is 0.120. The summed E-state index contributed by atoms with van der Waals surface area (Å²) in [6.45, 7) is 2.03. The molecule has 3 heterocycles. The fourth-order valence-electron chi connectivity index (χ4n) is 3.47. The highest BCUT2D eigenvalue weighted by molar-refractivity contribution is 7.98. The summed E-state index contributed by atoms with van der Waals surface area (Å²) in [4.78, 5) is 17.2. The van der Waals surface area contributed by atoms with Crippen molar-refractivity contribution in [2.75, 3.05) is 18.2 Å². The zero-order valence-corrected chi connectivity index (χ0v) is 20.5. The van der Waals surface area contributed by atoms with Crippen LogP contribution >= 0.6 is 11.8 Å². The first-order valence-electron chi connectivity index (χ1n) is 11.1. The Morgan fingerprint density at radius 3 is 2.39 bits per heavy atom. The van der Waals surface area contributed by atoms with Crippen LogP contribution in [-0.4, -0.2) is 41.8 Å². The second-order valence-corrected chi connectivity index (χ2v) is 8.73. The van der Waals surface area contributed by atoms with Crippen molar-refractivity contribution in [3.8, 4) is 22.8 Å². The van der Waals surface area contributed by atoms with Crippen molar-refractivity contribution in [2.45, 2.75) is 17.8 Å². The van der Waals surface area contributed by atoms with E-state index in [9.17, 15) is 0 Å². The number of pyridine rings is 1. The highest BCUT2D eigenvalue weighted by Gasteiger charge is 2.17. The van der Waals surface area contributed by atoms with Gasteiger partial charge < -0.3 is 15.8 Å². The lowest BCUT2D eigenvalue weighted by Gasteiger charge is -2.11. The van der Waals surface area contributed by atoms with Gasteiger partial charge in [0, 0.05) is 29.3 Å². The number of benzene rings is 2. The standard InChI is InChI=1S/C25H23N9OS/c1-16-3-5-18(6-4-16)28-24-30-21(29-23(26)31-24)15-36-25-33-32-22(17-11-13-27-14-12-17)34(25)19-7-9-20(35-2)10-8-19/h3-14H,15H2,1-2H3,(H3,26,28,29,30,31). The summed E-state index contributed by atoms with van der Waals surface area (Å²) in [7, 11) is 1.64. The summed E-state index contributed by atoms with van der Waals surface area (Å²) in [5.74, 6) is 2.93. The molecule has 11 heteroatoms. The minimum absolute atomic E-state index is 0.143. The van der Waals surface area contributed by atoms with Crippen LogP contribution < -0.4 is 15.8 Å². The lowest BCUT2D eigenvalue weighted by atomic mass is 10.2. The van der Waals surface area contributed by atoms with E-state index in [1.807, 2.05) is 72.2 Å². The second-order valence-electron chi connectivity index (χ2n) is 7.79. The van der Waals surface area contributed by atoms with Gasteiger partial charge in [-0.05, 0) is 55.5 Å². The third-order valence-corrected chi connectivity index (χ3v) is 6.16. The van der Waals surface area contributed by atoms with Crippen molar-refractivity contribution in [1.82, 2.24) is 34.7 Å². The molecule has 0 spiro atoms. The number of hydrogen-bond acceptors (Lipinski definition) is 10. The van der Waals surface area contributed by atoms with Gasteiger partial charge in [-0.1, -0.05) is 29.5 Å². The van der Waals surface area contributed by atoms with Crippen molar-refractivity contribution < 1.29 is 4.74 Å². The fourth-order valence-corrected chi connectivity index (χ4v) is 4.28. The molecular weight excluding hydrogens is 474 g/mol. The predicted molar refractivity (Wildman–Crippen MR) is 139 cm³/mol. The van der Waals surface area contributed by atoms with Crippen LogP contribution in [0.25, 0.3) is 17.1 Å². The van der Waals surface area contributed by atoms with E-state index in [4.69, 9.17) is 10.5 Å². The van der Waals surface area contributed by atoms with Gasteiger partial charge in [0.1, 0.15) is 11.6 Å². The van der Waals surface area contributed by atoms with Crippen molar-refractivity contribution in [2.24, 2.45) is 0 Å². The van der Waals surface area contributed by atoms with Crippen LogP contribution in [-0.2, 0) is 5.75 Å². The molecule has 3 N–H and O–H groups in total. The van der Waals surface area contributed by atoms with Gasteiger partial charge in [-0.3, -0.25) is 9.55 Å². The summed E-state index contributed by atoms with van der Waals surface area (Å²) >= 11 is 1.45. The first kappa shape index (κ1) is 23.2. The maximum absolute atomic E-state index is 5.97. The Labute approximate surface area is 212 Å². The molecule has 0 saturated carbocycles. The number of nitrogen functional groups attached to an aromatic ring is 1. The Balaban J connectivity index is 1.43. The predicted octanol–water partition coefficient (Wildman–Crippen LogP) is 4.45. The number of methoxy groups -OCH3 is 1. The van der Waals surface area contributed by atoms with Gasteiger partial charge in [0.25, 0.3) is 0 Å². The first-order chi connectivity index (χ1) is 17.6. The van der Waals surface area contributed by atoms with E-state index in [2.05, 4.69) is 35.5 Å². The van der Waals surface area contributed by atoms with Crippen LogP contribution in [0.5, 0.6) is 5.75 Å². The van der Waals surface area contributed by atoms with E-state index in [-0.39, 0.29) is 5.95 Å². The highest BCUT2D eigenvalue weighted by Crippen LogP contribution is 2.30. The lowest BCUT2D eigenvalue weighted by molar-refractivity contribution is 0.414. The normalized spacial score (nSPS) is 10.8. The first-order valence-corrected chi connectivity index (χ1v) is 12.0. The van der Waals surface area contributed by atoms with Gasteiger partial charge in [-0.2, -0.15) is 15.0 Å². The molecule has 0 radical (unpaired) electrons. The number of nitrogens with zero attached hydrogens (tertiary/aromatic N) is 7. The van der Waals surface area contributed by atoms with Gasteiger partial charge in [-0.15, -0.1) is 10.2 Å². The summed E-state index contributed by atoms with van der Waals surface area (Å²) in [5, 5.41) is 12.8. The topological polar surface area (TPSA) is 130 Å². The van der Waals surface area contributed by atoms with Crippen LogP contribution in [0.15, 0.2) is 78.2 Å². The van der Waals surface area contributed by atoms with Crippen LogP contribution in [0.2, 0.25) is 0 Å². The number of ether oxygens (including phenoxy) is 1. The Bertz CT molecular complexity index is 1460. The number of thioether (sulfide) groups is 1.